The molecule has 3 nitrogen and oxygen atoms in total. The minimum absolute atomic E-state index is 0.231. The van der Waals surface area contributed by atoms with Gasteiger partial charge in [-0.2, -0.15) is 13.2 Å². The third-order valence-electron chi connectivity index (χ3n) is 2.70. The molecule has 0 saturated heterocycles. The highest BCUT2D eigenvalue weighted by molar-refractivity contribution is 5.97. The summed E-state index contributed by atoms with van der Waals surface area (Å²) in [4.78, 5) is 13.1. The first-order valence-corrected chi connectivity index (χ1v) is 6.32. The molecule has 0 aliphatic rings. The summed E-state index contributed by atoms with van der Waals surface area (Å²) >= 11 is 0. The van der Waals surface area contributed by atoms with E-state index in [1.807, 2.05) is 0 Å². The fourth-order valence-corrected chi connectivity index (χ4v) is 1.87. The summed E-state index contributed by atoms with van der Waals surface area (Å²) < 4.78 is 42.3. The number of carbonyl (C=O) groups excluding carboxylic acids is 1. The largest absolute Gasteiger partial charge is 0.497 e. The van der Waals surface area contributed by atoms with Crippen LogP contribution in [0.1, 0.15) is 23.7 Å². The van der Waals surface area contributed by atoms with E-state index in [0.29, 0.717) is 17.7 Å². The maximum atomic E-state index is 12.4. The number of nitrogens with zero attached hydrogens (tertiary/aromatic N) is 1. The monoisotopic (exact) mass is 289 g/mol. The standard InChI is InChI=1S/C14H18F3NO2/c1-3-7-18(10-14(15,16)17)9-13(19)11-5-4-6-12(8-11)20-2/h4-6,8H,3,7,9-10H2,1-2H3. The van der Waals surface area contributed by atoms with Crippen molar-refractivity contribution < 1.29 is 22.7 Å². The highest BCUT2D eigenvalue weighted by Gasteiger charge is 2.31. The number of rotatable bonds is 7. The van der Waals surface area contributed by atoms with Gasteiger partial charge in [-0.05, 0) is 25.1 Å². The van der Waals surface area contributed by atoms with Gasteiger partial charge in [0.25, 0.3) is 0 Å². The minimum atomic E-state index is -4.30. The van der Waals surface area contributed by atoms with Gasteiger partial charge in [0.05, 0.1) is 20.2 Å². The van der Waals surface area contributed by atoms with Crippen molar-refractivity contribution in [2.24, 2.45) is 0 Å². The second-order valence-electron chi connectivity index (χ2n) is 4.48. The number of hydrogen-bond acceptors (Lipinski definition) is 3. The number of benzene rings is 1. The van der Waals surface area contributed by atoms with Gasteiger partial charge < -0.3 is 4.74 Å². The Bertz CT molecular complexity index is 446. The van der Waals surface area contributed by atoms with E-state index in [4.69, 9.17) is 4.74 Å². The van der Waals surface area contributed by atoms with Crippen molar-refractivity contribution in [1.29, 1.82) is 0 Å². The number of ketones is 1. The number of halogens is 3. The molecule has 0 aliphatic carbocycles. The first-order valence-electron chi connectivity index (χ1n) is 6.32. The van der Waals surface area contributed by atoms with E-state index in [1.165, 1.54) is 13.2 Å². The molecule has 0 aromatic heterocycles. The summed E-state index contributed by atoms with van der Waals surface area (Å²) in [6, 6.07) is 6.42. The maximum absolute atomic E-state index is 12.4. The molecular weight excluding hydrogens is 271 g/mol. The average Bonchev–Trinajstić information content (AvgIpc) is 2.37. The summed E-state index contributed by atoms with van der Waals surface area (Å²) in [6.07, 6.45) is -3.74. The Labute approximate surface area is 116 Å². The predicted octanol–water partition coefficient (Wildman–Crippen LogP) is 3.15. The fraction of sp³-hybridized carbons (Fsp3) is 0.500. The van der Waals surface area contributed by atoms with Crippen LogP contribution in [0, 0.1) is 0 Å². The highest BCUT2D eigenvalue weighted by Crippen LogP contribution is 2.18. The molecule has 0 radical (unpaired) electrons. The van der Waals surface area contributed by atoms with Crippen LogP contribution in [0.3, 0.4) is 0 Å². The Balaban J connectivity index is 2.74. The molecule has 0 fully saturated rings. The lowest BCUT2D eigenvalue weighted by atomic mass is 10.1. The summed E-state index contributed by atoms with van der Waals surface area (Å²) in [7, 11) is 1.47. The van der Waals surface area contributed by atoms with E-state index in [2.05, 4.69) is 0 Å². The molecule has 0 unspecified atom stereocenters. The van der Waals surface area contributed by atoms with E-state index >= 15 is 0 Å². The van der Waals surface area contributed by atoms with Crippen LogP contribution in [0.4, 0.5) is 13.2 Å². The molecule has 6 heteroatoms. The van der Waals surface area contributed by atoms with Gasteiger partial charge >= 0.3 is 6.18 Å². The molecule has 0 spiro atoms. The lowest BCUT2D eigenvalue weighted by Gasteiger charge is -2.22. The Morgan fingerprint density at radius 2 is 2.05 bits per heavy atom. The molecule has 1 aromatic rings. The number of hydrogen-bond donors (Lipinski definition) is 0. The van der Waals surface area contributed by atoms with Crippen LogP contribution in [-0.4, -0.2) is 43.6 Å². The zero-order valence-electron chi connectivity index (χ0n) is 11.5. The van der Waals surface area contributed by atoms with Crippen molar-refractivity contribution in [3.63, 3.8) is 0 Å². The van der Waals surface area contributed by atoms with E-state index in [0.717, 1.165) is 4.90 Å². The minimum Gasteiger partial charge on any atom is -0.497 e. The molecule has 0 N–H and O–H groups in total. The molecule has 1 rings (SSSR count). The van der Waals surface area contributed by atoms with Gasteiger partial charge in [-0.3, -0.25) is 9.69 Å². The first-order chi connectivity index (χ1) is 9.35. The molecule has 0 bridgehead atoms. The quantitative estimate of drug-likeness (QED) is 0.722. The number of alkyl halides is 3. The number of carbonyl (C=O) groups is 1. The number of Topliss-reactive ketones (excluding diaryl/α,β-unsaturated/α-hetero) is 1. The normalized spacial score (nSPS) is 11.7. The van der Waals surface area contributed by atoms with Crippen molar-refractivity contribution in [2.45, 2.75) is 19.5 Å². The first kappa shape index (κ1) is 16.5. The van der Waals surface area contributed by atoms with E-state index in [9.17, 15) is 18.0 Å². The maximum Gasteiger partial charge on any atom is 0.401 e. The van der Waals surface area contributed by atoms with Crippen LogP contribution in [0.5, 0.6) is 5.75 Å². The fourth-order valence-electron chi connectivity index (χ4n) is 1.87. The molecule has 112 valence electrons. The Kier molecular flexibility index (Phi) is 6.01. The van der Waals surface area contributed by atoms with Crippen LogP contribution < -0.4 is 4.74 Å². The van der Waals surface area contributed by atoms with E-state index < -0.39 is 12.7 Å². The van der Waals surface area contributed by atoms with Crippen molar-refractivity contribution >= 4 is 5.78 Å². The van der Waals surface area contributed by atoms with Crippen molar-refractivity contribution in [3.8, 4) is 5.75 Å². The van der Waals surface area contributed by atoms with Crippen molar-refractivity contribution in [2.75, 3.05) is 26.7 Å². The molecule has 20 heavy (non-hydrogen) atoms. The van der Waals surface area contributed by atoms with Gasteiger partial charge in [-0.15, -0.1) is 0 Å². The van der Waals surface area contributed by atoms with E-state index in [-0.39, 0.29) is 18.9 Å². The van der Waals surface area contributed by atoms with Gasteiger partial charge in [0, 0.05) is 5.56 Å². The van der Waals surface area contributed by atoms with Gasteiger partial charge in [0.1, 0.15) is 5.75 Å². The zero-order chi connectivity index (χ0) is 15.2. The molecular formula is C14H18F3NO2. The lowest BCUT2D eigenvalue weighted by molar-refractivity contribution is -0.144. The smallest absolute Gasteiger partial charge is 0.401 e. The van der Waals surface area contributed by atoms with Crippen molar-refractivity contribution in [3.05, 3.63) is 29.8 Å². The third kappa shape index (κ3) is 5.61. The van der Waals surface area contributed by atoms with Crippen molar-refractivity contribution in [1.82, 2.24) is 4.90 Å². The van der Waals surface area contributed by atoms with Crippen LogP contribution in [0.2, 0.25) is 0 Å². The lowest BCUT2D eigenvalue weighted by Crippen LogP contribution is -2.38. The molecule has 0 atom stereocenters. The van der Waals surface area contributed by atoms with Gasteiger partial charge in [-0.1, -0.05) is 19.1 Å². The molecule has 0 amide bonds. The predicted molar refractivity (Wildman–Crippen MR) is 70.1 cm³/mol. The van der Waals surface area contributed by atoms with Crippen LogP contribution in [-0.2, 0) is 0 Å². The number of methoxy groups -OCH3 is 1. The van der Waals surface area contributed by atoms with Crippen LogP contribution in [0.25, 0.3) is 0 Å². The summed E-state index contributed by atoms with van der Waals surface area (Å²) in [6.45, 7) is 0.686. The topological polar surface area (TPSA) is 29.5 Å². The molecule has 0 heterocycles. The molecule has 1 aromatic carbocycles. The second-order valence-corrected chi connectivity index (χ2v) is 4.48. The van der Waals surface area contributed by atoms with Crippen LogP contribution in [0.15, 0.2) is 24.3 Å². The Morgan fingerprint density at radius 1 is 1.35 bits per heavy atom. The third-order valence-corrected chi connectivity index (χ3v) is 2.70. The summed E-state index contributed by atoms with van der Waals surface area (Å²) in [5.74, 6) is 0.162. The average molecular weight is 289 g/mol. The molecule has 0 saturated carbocycles. The van der Waals surface area contributed by atoms with Gasteiger partial charge in [-0.25, -0.2) is 0 Å². The Morgan fingerprint density at radius 3 is 2.60 bits per heavy atom. The van der Waals surface area contributed by atoms with Crippen LogP contribution >= 0.6 is 0 Å². The second kappa shape index (κ2) is 7.28. The SMILES string of the molecule is CCCN(CC(=O)c1cccc(OC)c1)CC(F)(F)F. The Hall–Kier alpha value is -1.56. The number of ether oxygens (including phenoxy) is 1. The zero-order valence-corrected chi connectivity index (χ0v) is 11.5. The van der Waals surface area contributed by atoms with Gasteiger partial charge in [0.15, 0.2) is 5.78 Å². The summed E-state index contributed by atoms with van der Waals surface area (Å²) in [5, 5.41) is 0. The highest BCUT2D eigenvalue weighted by atomic mass is 19.4. The van der Waals surface area contributed by atoms with Gasteiger partial charge in [0.2, 0.25) is 0 Å². The summed E-state index contributed by atoms with van der Waals surface area (Å²) in [5.41, 5.74) is 0.354. The van der Waals surface area contributed by atoms with E-state index in [1.54, 1.807) is 25.1 Å². The molecule has 0 aliphatic heterocycles.